The Morgan fingerprint density at radius 2 is 1.77 bits per heavy atom. The number of amides is 1. The maximum atomic E-state index is 12.2. The van der Waals surface area contributed by atoms with E-state index in [1.54, 1.807) is 0 Å². The number of carbonyl (C=O) groups is 1. The zero-order valence-electron chi connectivity index (χ0n) is 13.7. The second-order valence-electron chi connectivity index (χ2n) is 5.96. The average molecular weight is 296 g/mol. The summed E-state index contributed by atoms with van der Waals surface area (Å²) in [7, 11) is 0. The Bertz CT molecular complexity index is 662. The summed E-state index contributed by atoms with van der Waals surface area (Å²) in [6.45, 7) is 8.58. The zero-order valence-corrected chi connectivity index (χ0v) is 13.7. The largest absolute Gasteiger partial charge is 0.376 e. The zero-order chi connectivity index (χ0) is 16.1. The average Bonchev–Trinajstić information content (AvgIpc) is 2.49. The predicted octanol–water partition coefficient (Wildman–Crippen LogP) is 4.48. The van der Waals surface area contributed by atoms with Crippen LogP contribution in [0.25, 0.3) is 0 Å². The molecule has 1 amide bonds. The maximum absolute atomic E-state index is 12.2. The lowest BCUT2D eigenvalue weighted by atomic mass is 10.0. The Morgan fingerprint density at radius 1 is 1.05 bits per heavy atom. The number of carbonyl (C=O) groups excluding carboxylic acids is 1. The van der Waals surface area contributed by atoms with Crippen LogP contribution in [0.4, 0.5) is 11.4 Å². The van der Waals surface area contributed by atoms with Crippen LogP contribution in [0.1, 0.15) is 36.5 Å². The van der Waals surface area contributed by atoms with E-state index in [9.17, 15) is 4.79 Å². The third kappa shape index (κ3) is 4.10. The molecule has 0 unspecified atom stereocenters. The first-order valence-corrected chi connectivity index (χ1v) is 7.67. The molecule has 0 aliphatic heterocycles. The summed E-state index contributed by atoms with van der Waals surface area (Å²) < 4.78 is 0. The van der Waals surface area contributed by atoms with Crippen molar-refractivity contribution in [1.82, 2.24) is 0 Å². The second kappa shape index (κ2) is 7.12. The van der Waals surface area contributed by atoms with Crippen LogP contribution < -0.4 is 10.6 Å². The molecule has 116 valence electrons. The lowest BCUT2D eigenvalue weighted by Gasteiger charge is -2.15. The monoisotopic (exact) mass is 296 g/mol. The van der Waals surface area contributed by atoms with Gasteiger partial charge in [-0.1, -0.05) is 44.2 Å². The number of anilines is 2. The Morgan fingerprint density at radius 3 is 2.50 bits per heavy atom. The molecule has 0 aliphatic rings. The first-order chi connectivity index (χ1) is 10.5. The number of nitrogens with one attached hydrogen (secondary N) is 2. The minimum atomic E-state index is -0.0349. The van der Waals surface area contributed by atoms with Crippen molar-refractivity contribution < 1.29 is 4.79 Å². The molecular formula is C19H24N2O. The van der Waals surface area contributed by atoms with E-state index >= 15 is 0 Å². The van der Waals surface area contributed by atoms with E-state index in [2.05, 4.69) is 30.5 Å². The van der Waals surface area contributed by atoms with Crippen molar-refractivity contribution in [2.24, 2.45) is 0 Å². The molecule has 0 spiro atoms. The molecule has 0 saturated heterocycles. The van der Waals surface area contributed by atoms with E-state index in [0.29, 0.717) is 5.92 Å². The summed E-state index contributed by atoms with van der Waals surface area (Å²) in [5.41, 5.74) is 5.33. The van der Waals surface area contributed by atoms with Crippen molar-refractivity contribution in [3.05, 3.63) is 59.2 Å². The maximum Gasteiger partial charge on any atom is 0.243 e. The molecule has 2 N–H and O–H groups in total. The minimum Gasteiger partial charge on any atom is -0.376 e. The third-order valence-corrected chi connectivity index (χ3v) is 3.69. The standard InChI is InChI=1S/C19H24N2O/c1-13(2)16-7-5-6-8-17(16)20-12-19(22)21-18-11-14(3)9-10-15(18)4/h5-11,13,20H,12H2,1-4H3,(H,21,22). The van der Waals surface area contributed by atoms with Gasteiger partial charge < -0.3 is 10.6 Å². The van der Waals surface area contributed by atoms with Crippen LogP contribution in [-0.4, -0.2) is 12.5 Å². The summed E-state index contributed by atoms with van der Waals surface area (Å²) in [6, 6.07) is 14.2. The Labute approximate surface area is 132 Å². The van der Waals surface area contributed by atoms with E-state index in [-0.39, 0.29) is 12.5 Å². The molecule has 0 aliphatic carbocycles. The summed E-state index contributed by atoms with van der Waals surface area (Å²) in [5.74, 6) is 0.387. The molecule has 22 heavy (non-hydrogen) atoms. The van der Waals surface area contributed by atoms with Crippen molar-refractivity contribution in [2.75, 3.05) is 17.2 Å². The Balaban J connectivity index is 2.00. The van der Waals surface area contributed by atoms with Gasteiger partial charge in [0.05, 0.1) is 6.54 Å². The molecule has 2 rings (SSSR count). The quantitative estimate of drug-likeness (QED) is 0.854. The van der Waals surface area contributed by atoms with Gasteiger partial charge in [0, 0.05) is 11.4 Å². The molecule has 0 aromatic heterocycles. The molecular weight excluding hydrogens is 272 g/mol. The first-order valence-electron chi connectivity index (χ1n) is 7.67. The molecule has 2 aromatic carbocycles. The highest BCUT2D eigenvalue weighted by Crippen LogP contribution is 2.23. The van der Waals surface area contributed by atoms with Gasteiger partial charge in [0.1, 0.15) is 0 Å². The molecule has 2 aromatic rings. The van der Waals surface area contributed by atoms with Gasteiger partial charge >= 0.3 is 0 Å². The predicted molar refractivity (Wildman–Crippen MR) is 93.6 cm³/mol. The van der Waals surface area contributed by atoms with Crippen LogP contribution in [0.5, 0.6) is 0 Å². The SMILES string of the molecule is Cc1ccc(C)c(NC(=O)CNc2ccccc2C(C)C)c1. The van der Waals surface area contributed by atoms with Gasteiger partial charge in [0.2, 0.25) is 5.91 Å². The number of benzene rings is 2. The van der Waals surface area contributed by atoms with Crippen LogP contribution in [0.3, 0.4) is 0 Å². The van der Waals surface area contributed by atoms with Crippen molar-refractivity contribution in [3.8, 4) is 0 Å². The molecule has 0 fully saturated rings. The van der Waals surface area contributed by atoms with Crippen molar-refractivity contribution in [1.29, 1.82) is 0 Å². The Hall–Kier alpha value is -2.29. The van der Waals surface area contributed by atoms with Gasteiger partial charge in [-0.25, -0.2) is 0 Å². The second-order valence-corrected chi connectivity index (χ2v) is 5.96. The van der Waals surface area contributed by atoms with Crippen LogP contribution in [-0.2, 0) is 4.79 Å². The van der Waals surface area contributed by atoms with Crippen LogP contribution >= 0.6 is 0 Å². The summed E-state index contributed by atoms with van der Waals surface area (Å²) in [5, 5.41) is 6.21. The fourth-order valence-corrected chi connectivity index (χ4v) is 2.40. The summed E-state index contributed by atoms with van der Waals surface area (Å²) in [4.78, 5) is 12.2. The number of hydrogen-bond acceptors (Lipinski definition) is 2. The highest BCUT2D eigenvalue weighted by molar-refractivity contribution is 5.94. The van der Waals surface area contributed by atoms with Crippen molar-refractivity contribution in [3.63, 3.8) is 0 Å². The Kier molecular flexibility index (Phi) is 5.21. The van der Waals surface area contributed by atoms with E-state index in [0.717, 1.165) is 22.5 Å². The van der Waals surface area contributed by atoms with Gasteiger partial charge in [-0.15, -0.1) is 0 Å². The first kappa shape index (κ1) is 16.1. The molecule has 0 atom stereocenters. The van der Waals surface area contributed by atoms with E-state index in [4.69, 9.17) is 0 Å². The molecule has 0 radical (unpaired) electrons. The number of aryl methyl sites for hydroxylation is 2. The minimum absolute atomic E-state index is 0.0349. The smallest absolute Gasteiger partial charge is 0.243 e. The molecule has 0 saturated carbocycles. The van der Waals surface area contributed by atoms with Gasteiger partial charge in [0.15, 0.2) is 0 Å². The van der Waals surface area contributed by atoms with Gasteiger partial charge in [-0.05, 0) is 48.6 Å². The number of para-hydroxylation sites is 1. The van der Waals surface area contributed by atoms with Crippen LogP contribution in [0.15, 0.2) is 42.5 Å². The van der Waals surface area contributed by atoms with Gasteiger partial charge in [-0.3, -0.25) is 4.79 Å². The number of hydrogen-bond donors (Lipinski definition) is 2. The lowest BCUT2D eigenvalue weighted by Crippen LogP contribution is -2.22. The van der Waals surface area contributed by atoms with Gasteiger partial charge in [0.25, 0.3) is 0 Å². The molecule has 3 heteroatoms. The fraction of sp³-hybridized carbons (Fsp3) is 0.316. The van der Waals surface area contributed by atoms with Crippen LogP contribution in [0, 0.1) is 13.8 Å². The van der Waals surface area contributed by atoms with E-state index in [1.807, 2.05) is 50.2 Å². The van der Waals surface area contributed by atoms with Crippen molar-refractivity contribution >= 4 is 17.3 Å². The fourth-order valence-electron chi connectivity index (χ4n) is 2.40. The number of rotatable bonds is 5. The lowest BCUT2D eigenvalue weighted by molar-refractivity contribution is -0.114. The van der Waals surface area contributed by atoms with E-state index < -0.39 is 0 Å². The highest BCUT2D eigenvalue weighted by Gasteiger charge is 2.08. The normalized spacial score (nSPS) is 10.6. The van der Waals surface area contributed by atoms with Gasteiger partial charge in [-0.2, -0.15) is 0 Å². The van der Waals surface area contributed by atoms with E-state index in [1.165, 1.54) is 5.56 Å². The van der Waals surface area contributed by atoms with Crippen LogP contribution in [0.2, 0.25) is 0 Å². The molecule has 0 bridgehead atoms. The third-order valence-electron chi connectivity index (χ3n) is 3.69. The summed E-state index contributed by atoms with van der Waals surface area (Å²) >= 11 is 0. The van der Waals surface area contributed by atoms with Crippen molar-refractivity contribution in [2.45, 2.75) is 33.6 Å². The topological polar surface area (TPSA) is 41.1 Å². The highest BCUT2D eigenvalue weighted by atomic mass is 16.1. The summed E-state index contributed by atoms with van der Waals surface area (Å²) in [6.07, 6.45) is 0. The molecule has 0 heterocycles. The molecule has 3 nitrogen and oxygen atoms in total.